The molecular formula is C19H24N4O4S. The maximum absolute atomic E-state index is 12.6. The summed E-state index contributed by atoms with van der Waals surface area (Å²) in [6.45, 7) is 1.42. The van der Waals surface area contributed by atoms with Gasteiger partial charge in [0.05, 0.1) is 25.6 Å². The van der Waals surface area contributed by atoms with Crippen molar-refractivity contribution in [3.05, 3.63) is 47.9 Å². The first-order valence-electron chi connectivity index (χ1n) is 9.51. The van der Waals surface area contributed by atoms with Crippen molar-refractivity contribution in [2.75, 3.05) is 26.3 Å². The lowest BCUT2D eigenvalue weighted by molar-refractivity contribution is -0.122. The molecule has 2 aromatic rings. The molecule has 1 aliphatic heterocycles. The summed E-state index contributed by atoms with van der Waals surface area (Å²) in [7, 11) is -3.65. The predicted molar refractivity (Wildman–Crippen MR) is 102 cm³/mol. The summed E-state index contributed by atoms with van der Waals surface area (Å²) in [6, 6.07) is 8.17. The van der Waals surface area contributed by atoms with E-state index in [4.69, 9.17) is 4.74 Å². The van der Waals surface area contributed by atoms with Gasteiger partial charge in [0.2, 0.25) is 5.91 Å². The van der Waals surface area contributed by atoms with Gasteiger partial charge in [0.1, 0.15) is 6.54 Å². The summed E-state index contributed by atoms with van der Waals surface area (Å²) < 4.78 is 33.3. The molecule has 1 aliphatic carbocycles. The average molecular weight is 404 g/mol. The third-order valence-corrected chi connectivity index (χ3v) is 7.00. The normalized spacial score (nSPS) is 20.5. The number of nitrogens with zero attached hydrogens (tertiary/aromatic N) is 3. The first kappa shape index (κ1) is 19.1. The van der Waals surface area contributed by atoms with Crippen LogP contribution in [0.2, 0.25) is 0 Å². The fraction of sp³-hybridized carbons (Fsp3) is 0.474. The maximum Gasteiger partial charge on any atom is 0.262 e. The summed E-state index contributed by atoms with van der Waals surface area (Å²) in [6.07, 6.45) is 5.78. The number of morpholine rings is 1. The number of imidazole rings is 1. The highest BCUT2D eigenvalue weighted by molar-refractivity contribution is 7.89. The standard InChI is InChI=1S/C19H24N4O4S/c24-18(21-17-7-3-5-15-4-1-2-6-16(15)17)12-22-13-19(20-14-22)28(25,26)23-8-10-27-11-9-23/h1-2,4,6,13-14,17H,3,5,7-12H2,(H,21,24)/t17-/m1/s1. The molecule has 1 amide bonds. The Hall–Kier alpha value is -2.23. The molecule has 0 saturated carbocycles. The van der Waals surface area contributed by atoms with E-state index in [0.717, 1.165) is 19.3 Å². The lowest BCUT2D eigenvalue weighted by atomic mass is 9.88. The van der Waals surface area contributed by atoms with Crippen LogP contribution in [0.25, 0.3) is 0 Å². The van der Waals surface area contributed by atoms with Gasteiger partial charge in [0.15, 0.2) is 5.03 Å². The molecular weight excluding hydrogens is 380 g/mol. The fourth-order valence-corrected chi connectivity index (χ4v) is 5.13. The molecule has 28 heavy (non-hydrogen) atoms. The number of aromatic nitrogens is 2. The molecule has 0 unspecified atom stereocenters. The lowest BCUT2D eigenvalue weighted by Gasteiger charge is -2.26. The van der Waals surface area contributed by atoms with Crippen molar-refractivity contribution in [3.63, 3.8) is 0 Å². The molecule has 2 heterocycles. The third-order valence-electron chi connectivity index (χ3n) is 5.21. The van der Waals surface area contributed by atoms with Gasteiger partial charge in [0.25, 0.3) is 10.0 Å². The van der Waals surface area contributed by atoms with E-state index < -0.39 is 10.0 Å². The Morgan fingerprint density at radius 1 is 1.25 bits per heavy atom. The Balaban J connectivity index is 1.41. The predicted octanol–water partition coefficient (Wildman–Crippen LogP) is 1.10. The van der Waals surface area contributed by atoms with Crippen LogP contribution in [0.4, 0.5) is 0 Å². The molecule has 0 spiro atoms. The van der Waals surface area contributed by atoms with Crippen LogP contribution < -0.4 is 5.32 Å². The summed E-state index contributed by atoms with van der Waals surface area (Å²) in [5.41, 5.74) is 2.45. The Kier molecular flexibility index (Phi) is 5.47. The van der Waals surface area contributed by atoms with Gasteiger partial charge in [-0.25, -0.2) is 13.4 Å². The number of aryl methyl sites for hydroxylation is 1. The van der Waals surface area contributed by atoms with Gasteiger partial charge in [-0.2, -0.15) is 4.31 Å². The van der Waals surface area contributed by atoms with E-state index in [1.54, 1.807) is 0 Å². The smallest absolute Gasteiger partial charge is 0.262 e. The number of fused-ring (bicyclic) bond motifs is 1. The van der Waals surface area contributed by atoms with Gasteiger partial charge in [-0.1, -0.05) is 24.3 Å². The molecule has 0 bridgehead atoms. The van der Waals surface area contributed by atoms with Crippen molar-refractivity contribution >= 4 is 15.9 Å². The second-order valence-corrected chi connectivity index (χ2v) is 9.00. The van der Waals surface area contributed by atoms with E-state index >= 15 is 0 Å². The summed E-state index contributed by atoms with van der Waals surface area (Å²) in [4.78, 5) is 16.5. The van der Waals surface area contributed by atoms with Gasteiger partial charge in [-0.3, -0.25) is 4.79 Å². The number of carbonyl (C=O) groups is 1. The minimum absolute atomic E-state index is 0.00229. The molecule has 2 aliphatic rings. The highest BCUT2D eigenvalue weighted by Gasteiger charge is 2.28. The van der Waals surface area contributed by atoms with E-state index in [0.29, 0.717) is 26.3 Å². The van der Waals surface area contributed by atoms with Crippen LogP contribution in [0.3, 0.4) is 0 Å². The van der Waals surface area contributed by atoms with Crippen LogP contribution in [-0.2, 0) is 32.5 Å². The largest absolute Gasteiger partial charge is 0.379 e. The van der Waals surface area contributed by atoms with Gasteiger partial charge in [-0.15, -0.1) is 0 Å². The summed E-state index contributed by atoms with van der Waals surface area (Å²) in [5.74, 6) is -0.158. The number of sulfonamides is 1. The molecule has 4 rings (SSSR count). The Bertz CT molecular complexity index is 950. The third kappa shape index (κ3) is 3.96. The SMILES string of the molecule is O=C(Cn1cnc(S(=O)(=O)N2CCOCC2)c1)N[C@@H]1CCCc2ccccc21. The van der Waals surface area contributed by atoms with Gasteiger partial charge in [-0.05, 0) is 30.4 Å². The monoisotopic (exact) mass is 404 g/mol. The molecule has 1 aromatic carbocycles. The topological polar surface area (TPSA) is 93.5 Å². The van der Waals surface area contributed by atoms with Gasteiger partial charge in [0, 0.05) is 19.3 Å². The molecule has 1 N–H and O–H groups in total. The zero-order valence-electron chi connectivity index (χ0n) is 15.6. The number of hydrogen-bond donors (Lipinski definition) is 1. The van der Waals surface area contributed by atoms with Crippen LogP contribution in [0, 0.1) is 0 Å². The quantitative estimate of drug-likeness (QED) is 0.805. The Labute approximate surface area is 164 Å². The second-order valence-electron chi connectivity index (χ2n) is 7.11. The maximum atomic E-state index is 12.6. The first-order chi connectivity index (χ1) is 13.5. The lowest BCUT2D eigenvalue weighted by Crippen LogP contribution is -2.40. The number of amides is 1. The molecule has 0 radical (unpaired) electrons. The molecule has 1 fully saturated rings. The average Bonchev–Trinajstić information content (AvgIpc) is 3.18. The number of ether oxygens (including phenoxy) is 1. The fourth-order valence-electron chi connectivity index (χ4n) is 3.79. The summed E-state index contributed by atoms with van der Waals surface area (Å²) >= 11 is 0. The molecule has 1 saturated heterocycles. The van der Waals surface area contributed by atoms with Crippen LogP contribution in [0.1, 0.15) is 30.0 Å². The van der Waals surface area contributed by atoms with Crippen molar-refractivity contribution in [1.29, 1.82) is 0 Å². The van der Waals surface area contributed by atoms with Gasteiger partial charge >= 0.3 is 0 Å². The van der Waals surface area contributed by atoms with E-state index in [1.165, 1.54) is 32.5 Å². The van der Waals surface area contributed by atoms with E-state index in [-0.39, 0.29) is 23.5 Å². The van der Waals surface area contributed by atoms with Crippen molar-refractivity contribution in [1.82, 2.24) is 19.2 Å². The molecule has 1 atom stereocenters. The number of hydrogen-bond acceptors (Lipinski definition) is 5. The minimum atomic E-state index is -3.65. The van der Waals surface area contributed by atoms with Crippen molar-refractivity contribution in [2.24, 2.45) is 0 Å². The second kappa shape index (κ2) is 8.02. The number of nitrogens with one attached hydrogen (secondary N) is 1. The highest BCUT2D eigenvalue weighted by atomic mass is 32.2. The minimum Gasteiger partial charge on any atom is -0.379 e. The zero-order valence-corrected chi connectivity index (χ0v) is 16.4. The van der Waals surface area contributed by atoms with E-state index in [2.05, 4.69) is 22.4 Å². The van der Waals surface area contributed by atoms with E-state index in [1.807, 2.05) is 12.1 Å². The van der Waals surface area contributed by atoms with Crippen molar-refractivity contribution < 1.29 is 17.9 Å². The van der Waals surface area contributed by atoms with Crippen LogP contribution >= 0.6 is 0 Å². The Morgan fingerprint density at radius 3 is 2.86 bits per heavy atom. The number of benzene rings is 1. The van der Waals surface area contributed by atoms with Crippen molar-refractivity contribution in [2.45, 2.75) is 36.9 Å². The molecule has 8 nitrogen and oxygen atoms in total. The number of carbonyl (C=O) groups excluding carboxylic acids is 1. The highest BCUT2D eigenvalue weighted by Crippen LogP contribution is 2.29. The molecule has 1 aromatic heterocycles. The van der Waals surface area contributed by atoms with E-state index in [9.17, 15) is 13.2 Å². The number of rotatable bonds is 5. The van der Waals surface area contributed by atoms with Gasteiger partial charge < -0.3 is 14.6 Å². The summed E-state index contributed by atoms with van der Waals surface area (Å²) in [5, 5.41) is 3.03. The zero-order chi connectivity index (χ0) is 19.6. The molecule has 9 heteroatoms. The Morgan fingerprint density at radius 2 is 2.04 bits per heavy atom. The van der Waals surface area contributed by atoms with Crippen LogP contribution in [-0.4, -0.2) is 54.5 Å². The molecule has 150 valence electrons. The first-order valence-corrected chi connectivity index (χ1v) is 10.9. The van der Waals surface area contributed by atoms with Crippen LogP contribution in [0.15, 0.2) is 41.8 Å². The van der Waals surface area contributed by atoms with Crippen LogP contribution in [0.5, 0.6) is 0 Å². The van der Waals surface area contributed by atoms with Crippen molar-refractivity contribution in [3.8, 4) is 0 Å².